The van der Waals surface area contributed by atoms with Gasteiger partial charge in [-0.2, -0.15) is 0 Å². The maximum absolute atomic E-state index is 13.2. The SMILES string of the molecule is CC/C=C\C/C=C\C/C=C\C/C=C\C/C=C\CCCCCC(=O)OCC(COC1OC(C(=O)O)C(O)C(O)C1OC(=O)CCCCCCCCCCC/C=C\CCCCCCCC)OC(=O)CCCC/C=C\C/C=C\C/C=C\C/C=C\CC. The molecule has 1 heterocycles. The zero-order valence-electron chi connectivity index (χ0n) is 51.9. The maximum Gasteiger partial charge on any atom is 0.335 e. The first kappa shape index (κ1) is 76.1. The predicted octanol–water partition coefficient (Wildman–Crippen LogP) is 17.6. The van der Waals surface area contributed by atoms with E-state index in [1.807, 2.05) is 0 Å². The van der Waals surface area contributed by atoms with E-state index >= 15 is 0 Å². The van der Waals surface area contributed by atoms with Gasteiger partial charge >= 0.3 is 23.9 Å². The van der Waals surface area contributed by atoms with Crippen LogP contribution in [0.15, 0.2) is 122 Å². The minimum absolute atomic E-state index is 0.0443. The highest BCUT2D eigenvalue weighted by atomic mass is 16.7. The lowest BCUT2D eigenvalue weighted by Crippen LogP contribution is -2.61. The molecule has 0 bridgehead atoms. The number of esters is 3. The Labute approximate surface area is 503 Å². The fourth-order valence-electron chi connectivity index (χ4n) is 9.09. The number of carboxylic acids is 1. The van der Waals surface area contributed by atoms with Crippen molar-refractivity contribution in [2.24, 2.45) is 0 Å². The third-order valence-corrected chi connectivity index (χ3v) is 14.0. The van der Waals surface area contributed by atoms with Crippen LogP contribution in [0, 0.1) is 0 Å². The van der Waals surface area contributed by atoms with Crippen molar-refractivity contribution >= 4 is 23.9 Å². The Kier molecular flexibility index (Phi) is 52.8. The second kappa shape index (κ2) is 57.5. The molecular formula is C71H114O12. The molecule has 1 aliphatic heterocycles. The standard InChI is InChI=1S/C71H114O12/c1-4-7-10-13-16-19-22-25-28-30-32-34-37-39-42-45-48-51-54-57-63(72)79-60-62(81-64(73)58-55-52-49-46-43-40-36-27-24-21-18-15-12-9-6-3)61-80-71-69(67(76)66(75)68(83-71)70(77)78)82-65(74)59-56-53-50-47-44-41-38-35-33-31-29-26-23-20-17-14-11-8-5-2/h7,9-10,12,16,18-19,21,25-29,32,34,36,39,42-43,46,62,66-69,71,75-76H,4-6,8,11,13-15,17,20,22-24,30-31,33,35,37-38,40-41,44-45,47-61H2,1-3H3,(H,77,78)/b10-7-,12-9-,19-16-,21-18-,28-25-,29-26-,34-32-,36-27-,42-39-,46-43-. The van der Waals surface area contributed by atoms with E-state index in [9.17, 15) is 34.5 Å². The Hall–Kier alpha value is -4.88. The van der Waals surface area contributed by atoms with Gasteiger partial charge in [0.1, 0.15) is 18.8 Å². The van der Waals surface area contributed by atoms with Gasteiger partial charge in [0, 0.05) is 19.3 Å². The van der Waals surface area contributed by atoms with Gasteiger partial charge in [-0.15, -0.1) is 0 Å². The molecule has 0 aromatic heterocycles. The van der Waals surface area contributed by atoms with E-state index in [2.05, 4.69) is 142 Å². The number of ether oxygens (including phenoxy) is 5. The van der Waals surface area contributed by atoms with Crippen LogP contribution in [-0.4, -0.2) is 89.2 Å². The van der Waals surface area contributed by atoms with Crippen LogP contribution in [0.4, 0.5) is 0 Å². The Morgan fingerprint density at radius 3 is 1.20 bits per heavy atom. The molecule has 0 aromatic carbocycles. The van der Waals surface area contributed by atoms with E-state index in [-0.39, 0.29) is 25.9 Å². The van der Waals surface area contributed by atoms with Crippen molar-refractivity contribution in [3.63, 3.8) is 0 Å². The number of carbonyl (C=O) groups excluding carboxylic acids is 3. The zero-order valence-corrected chi connectivity index (χ0v) is 51.9. The minimum Gasteiger partial charge on any atom is -0.479 e. The number of aliphatic carboxylic acids is 1. The quantitative estimate of drug-likeness (QED) is 0.0228. The number of carbonyl (C=O) groups is 4. The van der Waals surface area contributed by atoms with Gasteiger partial charge in [-0.05, 0) is 128 Å². The van der Waals surface area contributed by atoms with E-state index in [0.29, 0.717) is 19.3 Å². The molecule has 1 fully saturated rings. The van der Waals surface area contributed by atoms with Crippen molar-refractivity contribution in [2.45, 2.75) is 289 Å². The third kappa shape index (κ3) is 47.1. The Balaban J connectivity index is 2.70. The summed E-state index contributed by atoms with van der Waals surface area (Å²) in [4.78, 5) is 51.3. The first-order valence-corrected chi connectivity index (χ1v) is 32.5. The molecule has 0 aromatic rings. The molecule has 6 atom stereocenters. The van der Waals surface area contributed by atoms with Crippen LogP contribution in [0.1, 0.15) is 252 Å². The third-order valence-electron chi connectivity index (χ3n) is 14.0. The van der Waals surface area contributed by atoms with Gasteiger partial charge in [0.15, 0.2) is 24.6 Å². The van der Waals surface area contributed by atoms with Crippen molar-refractivity contribution in [2.75, 3.05) is 13.2 Å². The van der Waals surface area contributed by atoms with Crippen LogP contribution >= 0.6 is 0 Å². The monoisotopic (exact) mass is 1160 g/mol. The summed E-state index contributed by atoms with van der Waals surface area (Å²) in [5, 5.41) is 31.6. The van der Waals surface area contributed by atoms with Crippen LogP contribution in [0.3, 0.4) is 0 Å². The minimum atomic E-state index is -1.92. The summed E-state index contributed by atoms with van der Waals surface area (Å²) < 4.78 is 28.4. The second-order valence-electron chi connectivity index (χ2n) is 21.6. The van der Waals surface area contributed by atoms with Gasteiger partial charge in [-0.25, -0.2) is 4.79 Å². The number of hydrogen-bond donors (Lipinski definition) is 3. The normalized spacial score (nSPS) is 18.4. The largest absolute Gasteiger partial charge is 0.479 e. The summed E-state index contributed by atoms with van der Waals surface area (Å²) in [6.45, 7) is 5.71. The van der Waals surface area contributed by atoms with Crippen LogP contribution in [-0.2, 0) is 42.9 Å². The van der Waals surface area contributed by atoms with E-state index < -0.39 is 67.3 Å². The molecular weight excluding hydrogens is 1040 g/mol. The summed E-state index contributed by atoms with van der Waals surface area (Å²) >= 11 is 0. The van der Waals surface area contributed by atoms with E-state index in [1.54, 1.807) is 0 Å². The molecule has 1 rings (SSSR count). The number of allylic oxidation sites excluding steroid dienone is 20. The molecule has 1 aliphatic rings. The zero-order chi connectivity index (χ0) is 60.3. The van der Waals surface area contributed by atoms with Crippen molar-refractivity contribution in [1.29, 1.82) is 0 Å². The summed E-state index contributed by atoms with van der Waals surface area (Å²) in [6, 6.07) is 0. The van der Waals surface area contributed by atoms with Gasteiger partial charge in [-0.1, -0.05) is 226 Å². The number of carboxylic acid groups (broad SMARTS) is 1. The topological polar surface area (TPSA) is 175 Å². The summed E-state index contributed by atoms with van der Waals surface area (Å²) in [5.74, 6) is -3.23. The fraction of sp³-hybridized carbons (Fsp3) is 0.662. The fourth-order valence-corrected chi connectivity index (χ4v) is 9.09. The molecule has 0 aliphatic carbocycles. The van der Waals surface area contributed by atoms with Gasteiger partial charge < -0.3 is 39.0 Å². The number of aliphatic hydroxyl groups excluding tert-OH is 2. The summed E-state index contributed by atoms with van der Waals surface area (Å²) in [5.41, 5.74) is 0. The molecule has 6 unspecified atom stereocenters. The van der Waals surface area contributed by atoms with Gasteiger partial charge in [0.2, 0.25) is 0 Å². The summed E-state index contributed by atoms with van der Waals surface area (Å²) in [7, 11) is 0. The molecule has 83 heavy (non-hydrogen) atoms. The van der Waals surface area contributed by atoms with Gasteiger partial charge in [0.05, 0.1) is 6.61 Å². The Bertz CT molecular complexity index is 1900. The molecule has 0 radical (unpaired) electrons. The van der Waals surface area contributed by atoms with Crippen LogP contribution < -0.4 is 0 Å². The smallest absolute Gasteiger partial charge is 0.335 e. The number of unbranched alkanes of at least 4 members (excludes halogenated alkanes) is 20. The molecule has 1 saturated heterocycles. The van der Waals surface area contributed by atoms with Crippen LogP contribution in [0.2, 0.25) is 0 Å². The highest BCUT2D eigenvalue weighted by molar-refractivity contribution is 5.74. The molecule has 12 nitrogen and oxygen atoms in total. The van der Waals surface area contributed by atoms with Crippen LogP contribution in [0.25, 0.3) is 0 Å². The summed E-state index contributed by atoms with van der Waals surface area (Å²) in [6.07, 6.45) is 67.3. The van der Waals surface area contributed by atoms with Crippen molar-refractivity contribution in [1.82, 2.24) is 0 Å². The van der Waals surface area contributed by atoms with E-state index in [0.717, 1.165) is 122 Å². The van der Waals surface area contributed by atoms with Crippen molar-refractivity contribution in [3.8, 4) is 0 Å². The van der Waals surface area contributed by atoms with Gasteiger partial charge in [0.25, 0.3) is 0 Å². The first-order chi connectivity index (χ1) is 40.6. The maximum atomic E-state index is 13.2. The molecule has 470 valence electrons. The highest BCUT2D eigenvalue weighted by Crippen LogP contribution is 2.26. The highest BCUT2D eigenvalue weighted by Gasteiger charge is 2.50. The number of aliphatic hydroxyl groups is 2. The molecule has 0 spiro atoms. The molecule has 0 saturated carbocycles. The van der Waals surface area contributed by atoms with Gasteiger partial charge in [-0.3, -0.25) is 14.4 Å². The lowest BCUT2D eigenvalue weighted by Gasteiger charge is -2.40. The van der Waals surface area contributed by atoms with Crippen molar-refractivity contribution in [3.05, 3.63) is 122 Å². The number of hydrogen-bond acceptors (Lipinski definition) is 11. The second-order valence-corrected chi connectivity index (χ2v) is 21.6. The Morgan fingerprint density at radius 2 is 0.759 bits per heavy atom. The predicted molar refractivity (Wildman–Crippen MR) is 340 cm³/mol. The van der Waals surface area contributed by atoms with E-state index in [1.165, 1.54) is 70.6 Å². The lowest BCUT2D eigenvalue weighted by molar-refractivity contribution is -0.301. The van der Waals surface area contributed by atoms with Crippen molar-refractivity contribution < 1.29 is 58.2 Å². The first-order valence-electron chi connectivity index (χ1n) is 32.5. The molecule has 12 heteroatoms. The molecule has 0 amide bonds. The van der Waals surface area contributed by atoms with E-state index in [4.69, 9.17) is 23.7 Å². The Morgan fingerprint density at radius 1 is 0.410 bits per heavy atom. The van der Waals surface area contributed by atoms with Crippen LogP contribution in [0.5, 0.6) is 0 Å². The number of rotatable bonds is 54. The average Bonchev–Trinajstić information content (AvgIpc) is 3.57. The lowest BCUT2D eigenvalue weighted by atomic mass is 9.98. The molecule has 3 N–H and O–H groups in total. The average molecular weight is 1160 g/mol.